The molecule has 1 aromatic rings. The van der Waals surface area contributed by atoms with Crippen molar-refractivity contribution in [2.24, 2.45) is 0 Å². The maximum Gasteiger partial charge on any atom is 0.239 e. The van der Waals surface area contributed by atoms with Gasteiger partial charge in [0.15, 0.2) is 0 Å². The molecule has 0 bridgehead atoms. The van der Waals surface area contributed by atoms with E-state index in [1.807, 2.05) is 31.9 Å². The molecule has 2 rings (SSSR count). The van der Waals surface area contributed by atoms with Crippen LogP contribution in [0, 0.1) is 0 Å². The van der Waals surface area contributed by atoms with Crippen LogP contribution in [-0.4, -0.2) is 39.7 Å². The van der Waals surface area contributed by atoms with Crippen molar-refractivity contribution in [3.63, 3.8) is 0 Å². The molecule has 1 aromatic heterocycles. The molecule has 1 aliphatic carbocycles. The number of hydrogen-bond donors (Lipinski definition) is 1. The minimum Gasteiger partial charge on any atom is -0.342 e. The lowest BCUT2D eigenvalue weighted by Gasteiger charge is -2.29. The molecule has 0 aliphatic heterocycles. The number of fused-ring (bicyclic) bond motifs is 1. The Labute approximate surface area is 127 Å². The van der Waals surface area contributed by atoms with Crippen molar-refractivity contribution in [1.29, 1.82) is 0 Å². The molecule has 0 radical (unpaired) electrons. The lowest BCUT2D eigenvalue weighted by molar-refractivity contribution is -0.132. The molecule has 5 nitrogen and oxygen atoms in total. The van der Waals surface area contributed by atoms with E-state index in [1.54, 1.807) is 0 Å². The van der Waals surface area contributed by atoms with E-state index in [4.69, 9.17) is 0 Å². The van der Waals surface area contributed by atoms with Crippen molar-refractivity contribution in [2.75, 3.05) is 13.1 Å². The highest BCUT2D eigenvalue weighted by Gasteiger charge is 2.27. The number of carbonyl (C=O) groups is 1. The zero-order chi connectivity index (χ0) is 15.4. The predicted octanol–water partition coefficient (Wildman–Crippen LogP) is 2.13. The van der Waals surface area contributed by atoms with E-state index in [9.17, 15) is 4.79 Å². The number of hydrogen-bond acceptors (Lipinski definition) is 3. The van der Waals surface area contributed by atoms with Gasteiger partial charge in [-0.1, -0.05) is 0 Å². The number of nitrogens with one attached hydrogen (secondary N) is 1. The molecule has 0 spiro atoms. The fraction of sp³-hybridized carbons (Fsp3) is 0.750. The third-order valence-corrected chi connectivity index (χ3v) is 4.46. The number of amides is 1. The van der Waals surface area contributed by atoms with E-state index < -0.39 is 0 Å². The van der Waals surface area contributed by atoms with Crippen LogP contribution >= 0.6 is 0 Å². The van der Waals surface area contributed by atoms with Crippen molar-refractivity contribution < 1.29 is 4.79 Å². The summed E-state index contributed by atoms with van der Waals surface area (Å²) in [4.78, 5) is 14.3. The molecule has 21 heavy (non-hydrogen) atoms. The van der Waals surface area contributed by atoms with Gasteiger partial charge in [-0.05, 0) is 47.0 Å². The van der Waals surface area contributed by atoms with Gasteiger partial charge in [0, 0.05) is 36.9 Å². The largest absolute Gasteiger partial charge is 0.342 e. The molecule has 0 fully saturated rings. The first-order valence-corrected chi connectivity index (χ1v) is 8.21. The second-order valence-electron chi connectivity index (χ2n) is 5.71. The number of carbonyl (C=O) groups excluding carboxylic acids is 1. The Morgan fingerprint density at radius 2 is 2.19 bits per heavy atom. The van der Waals surface area contributed by atoms with Gasteiger partial charge in [0.05, 0.1) is 12.2 Å². The summed E-state index contributed by atoms with van der Waals surface area (Å²) in [5, 5.41) is 7.98. The third kappa shape index (κ3) is 3.28. The average Bonchev–Trinajstić information content (AvgIpc) is 2.92. The quantitative estimate of drug-likeness (QED) is 0.874. The van der Waals surface area contributed by atoms with E-state index in [1.165, 1.54) is 11.3 Å². The van der Waals surface area contributed by atoms with E-state index in [-0.39, 0.29) is 18.0 Å². The fourth-order valence-corrected chi connectivity index (χ4v) is 3.25. The molecule has 0 aromatic carbocycles. The van der Waals surface area contributed by atoms with E-state index in [2.05, 4.69) is 22.0 Å². The van der Waals surface area contributed by atoms with E-state index in [0.29, 0.717) is 0 Å². The first-order valence-electron chi connectivity index (χ1n) is 8.21. The summed E-state index contributed by atoms with van der Waals surface area (Å²) in [6.45, 7) is 10.6. The summed E-state index contributed by atoms with van der Waals surface area (Å²) in [6.07, 6.45) is 5.31. The summed E-state index contributed by atoms with van der Waals surface area (Å²) in [5.41, 5.74) is 2.62. The fourth-order valence-electron chi connectivity index (χ4n) is 3.25. The number of aromatic nitrogens is 2. The maximum atomic E-state index is 12.4. The predicted molar refractivity (Wildman–Crippen MR) is 84.1 cm³/mol. The van der Waals surface area contributed by atoms with Crippen LogP contribution in [0.1, 0.15) is 57.8 Å². The van der Waals surface area contributed by atoms with Gasteiger partial charge in [0.2, 0.25) is 5.91 Å². The molecule has 2 atom stereocenters. The molecule has 2 unspecified atom stereocenters. The van der Waals surface area contributed by atoms with Gasteiger partial charge in [0.25, 0.3) is 0 Å². The SMILES string of the molecule is CCN(CC)C(=O)C(C)NC1CCCc2c1cnn2CC. The molecule has 1 amide bonds. The summed E-state index contributed by atoms with van der Waals surface area (Å²) >= 11 is 0. The summed E-state index contributed by atoms with van der Waals surface area (Å²) in [7, 11) is 0. The minimum absolute atomic E-state index is 0.147. The molecular formula is C16H28N4O. The molecule has 1 aliphatic rings. The standard InChI is InChI=1S/C16H28N4O/c1-5-19(6-2)16(21)12(4)18-14-9-8-10-15-13(14)11-17-20(15)7-3/h11-12,14,18H,5-10H2,1-4H3. The topological polar surface area (TPSA) is 50.2 Å². The lowest BCUT2D eigenvalue weighted by atomic mass is 9.92. The molecule has 5 heteroatoms. The Balaban J connectivity index is 2.07. The molecule has 118 valence electrons. The van der Waals surface area contributed by atoms with Crippen molar-refractivity contribution in [3.05, 3.63) is 17.5 Å². The number of likely N-dealkylation sites (N-methyl/N-ethyl adjacent to an activating group) is 1. The maximum absolute atomic E-state index is 12.4. The van der Waals surface area contributed by atoms with Crippen LogP contribution in [0.5, 0.6) is 0 Å². The Hall–Kier alpha value is -1.36. The van der Waals surface area contributed by atoms with Crippen LogP contribution in [0.25, 0.3) is 0 Å². The van der Waals surface area contributed by atoms with Gasteiger partial charge in [-0.25, -0.2) is 0 Å². The number of nitrogens with zero attached hydrogens (tertiary/aromatic N) is 3. The minimum atomic E-state index is -0.147. The zero-order valence-electron chi connectivity index (χ0n) is 13.7. The Morgan fingerprint density at radius 1 is 1.48 bits per heavy atom. The summed E-state index contributed by atoms with van der Waals surface area (Å²) < 4.78 is 2.08. The van der Waals surface area contributed by atoms with Crippen molar-refractivity contribution in [1.82, 2.24) is 20.0 Å². The smallest absolute Gasteiger partial charge is 0.239 e. The van der Waals surface area contributed by atoms with Crippen molar-refractivity contribution in [3.8, 4) is 0 Å². The van der Waals surface area contributed by atoms with Crippen molar-refractivity contribution >= 4 is 5.91 Å². The highest BCUT2D eigenvalue weighted by molar-refractivity contribution is 5.81. The zero-order valence-corrected chi connectivity index (χ0v) is 13.7. The highest BCUT2D eigenvalue weighted by Crippen LogP contribution is 2.30. The van der Waals surface area contributed by atoms with Crippen molar-refractivity contribution in [2.45, 2.75) is 65.6 Å². The van der Waals surface area contributed by atoms with E-state index in [0.717, 1.165) is 38.9 Å². The highest BCUT2D eigenvalue weighted by atomic mass is 16.2. The second kappa shape index (κ2) is 7.07. The van der Waals surface area contributed by atoms with Crippen LogP contribution in [0.4, 0.5) is 0 Å². The van der Waals surface area contributed by atoms with Gasteiger partial charge in [-0.2, -0.15) is 5.10 Å². The lowest BCUT2D eigenvalue weighted by Crippen LogP contribution is -2.46. The first-order chi connectivity index (χ1) is 10.1. The molecule has 0 saturated heterocycles. The molecule has 1 N–H and O–H groups in total. The second-order valence-corrected chi connectivity index (χ2v) is 5.71. The molecule has 1 heterocycles. The van der Waals surface area contributed by atoms with Crippen LogP contribution < -0.4 is 5.32 Å². The van der Waals surface area contributed by atoms with Gasteiger partial charge >= 0.3 is 0 Å². The van der Waals surface area contributed by atoms with Gasteiger partial charge in [0.1, 0.15) is 0 Å². The van der Waals surface area contributed by atoms with Gasteiger partial charge in [-0.15, -0.1) is 0 Å². The third-order valence-electron chi connectivity index (χ3n) is 4.46. The Morgan fingerprint density at radius 3 is 2.81 bits per heavy atom. The monoisotopic (exact) mass is 292 g/mol. The Kier molecular flexibility index (Phi) is 5.39. The summed E-state index contributed by atoms with van der Waals surface area (Å²) in [5.74, 6) is 0.190. The first kappa shape index (κ1) is 16.0. The molecular weight excluding hydrogens is 264 g/mol. The van der Waals surface area contributed by atoms with Gasteiger partial charge in [-0.3, -0.25) is 14.8 Å². The van der Waals surface area contributed by atoms with Gasteiger partial charge < -0.3 is 4.90 Å². The van der Waals surface area contributed by atoms with Crippen LogP contribution in [-0.2, 0) is 17.8 Å². The number of aryl methyl sites for hydroxylation is 1. The van der Waals surface area contributed by atoms with E-state index >= 15 is 0 Å². The van der Waals surface area contributed by atoms with Crippen LogP contribution in [0.15, 0.2) is 6.20 Å². The summed E-state index contributed by atoms with van der Waals surface area (Å²) in [6, 6.07) is 0.106. The van der Waals surface area contributed by atoms with Crippen LogP contribution in [0.2, 0.25) is 0 Å². The molecule has 0 saturated carbocycles. The Bertz CT molecular complexity index is 479. The average molecular weight is 292 g/mol. The normalized spacial score (nSPS) is 19.1. The van der Waals surface area contributed by atoms with Crippen LogP contribution in [0.3, 0.4) is 0 Å². The number of rotatable bonds is 6.